The second kappa shape index (κ2) is 6.89. The smallest absolute Gasteiger partial charge is 0.271 e. The highest BCUT2D eigenvalue weighted by atomic mass is 19.1. The van der Waals surface area contributed by atoms with Crippen LogP contribution in [0.3, 0.4) is 0 Å². The van der Waals surface area contributed by atoms with Crippen molar-refractivity contribution in [2.45, 2.75) is 0 Å². The second-order valence-electron chi connectivity index (χ2n) is 6.57. The zero-order chi connectivity index (χ0) is 20.7. The molecule has 0 saturated heterocycles. The molecule has 1 N–H and O–H groups in total. The van der Waals surface area contributed by atoms with Crippen molar-refractivity contribution in [3.05, 3.63) is 88.7 Å². The van der Waals surface area contributed by atoms with E-state index in [4.69, 9.17) is 0 Å². The summed E-state index contributed by atoms with van der Waals surface area (Å²) in [5, 5.41) is 28.7. The number of halogens is 1. The molecule has 0 radical (unpaired) electrons. The van der Waals surface area contributed by atoms with Gasteiger partial charge in [0.2, 0.25) is 0 Å². The summed E-state index contributed by atoms with van der Waals surface area (Å²) in [6.45, 7) is 0. The van der Waals surface area contributed by atoms with Crippen LogP contribution in [0.2, 0.25) is 0 Å². The molecule has 9 heteroatoms. The Labute approximate surface area is 168 Å². The van der Waals surface area contributed by atoms with Crippen LogP contribution in [-0.2, 0) is 0 Å². The molecule has 146 valence electrons. The fourth-order valence-corrected chi connectivity index (χ4v) is 3.32. The van der Waals surface area contributed by atoms with Gasteiger partial charge in [0, 0.05) is 28.6 Å². The molecule has 0 bridgehead atoms. The number of hydrogen-bond acceptors (Lipinski definition) is 6. The fraction of sp³-hybridized carbons (Fsp3) is 0. The van der Waals surface area contributed by atoms with Gasteiger partial charge in [0.25, 0.3) is 5.69 Å². The van der Waals surface area contributed by atoms with Gasteiger partial charge in [0.15, 0.2) is 17.3 Å². The second-order valence-corrected chi connectivity index (χ2v) is 6.57. The first-order chi connectivity index (χ1) is 14.6. The van der Waals surface area contributed by atoms with Crippen molar-refractivity contribution < 1.29 is 9.31 Å². The van der Waals surface area contributed by atoms with Gasteiger partial charge in [-0.3, -0.25) is 10.1 Å². The minimum absolute atomic E-state index is 0.0401. The van der Waals surface area contributed by atoms with Crippen LogP contribution >= 0.6 is 0 Å². The lowest BCUT2D eigenvalue weighted by atomic mass is 10.1. The van der Waals surface area contributed by atoms with E-state index in [1.807, 2.05) is 24.3 Å². The third-order valence-corrected chi connectivity index (χ3v) is 4.70. The van der Waals surface area contributed by atoms with Crippen molar-refractivity contribution in [1.29, 1.82) is 0 Å². The van der Waals surface area contributed by atoms with E-state index in [1.54, 1.807) is 30.3 Å². The summed E-state index contributed by atoms with van der Waals surface area (Å²) in [5.74, 6) is 0.266. The zero-order valence-electron chi connectivity index (χ0n) is 15.4. The van der Waals surface area contributed by atoms with Gasteiger partial charge < -0.3 is 5.32 Å². The summed E-state index contributed by atoms with van der Waals surface area (Å²) in [4.78, 5) is 10.6. The molecule has 8 nitrogen and oxygen atoms in total. The molecule has 0 aliphatic rings. The highest BCUT2D eigenvalue weighted by Crippen LogP contribution is 2.30. The maximum absolute atomic E-state index is 14.4. The standard InChI is InChI=1S/C21H13FN6O2/c22-18-11-4-3-10-17(18)21-25-24-20-16-9-2-1-8-15(16)19(26-27(20)21)23-13-6-5-7-14(12-13)28(29)30/h1-12H,(H,23,26). The van der Waals surface area contributed by atoms with E-state index in [2.05, 4.69) is 20.6 Å². The lowest BCUT2D eigenvalue weighted by Crippen LogP contribution is -2.03. The van der Waals surface area contributed by atoms with Crippen LogP contribution in [0.15, 0.2) is 72.8 Å². The molecule has 30 heavy (non-hydrogen) atoms. The van der Waals surface area contributed by atoms with Crippen molar-refractivity contribution in [2.75, 3.05) is 5.32 Å². The number of non-ortho nitro benzene ring substituents is 1. The Bertz CT molecular complexity index is 1430. The van der Waals surface area contributed by atoms with Gasteiger partial charge in [-0.25, -0.2) is 4.39 Å². The first kappa shape index (κ1) is 17.7. The Balaban J connectivity index is 1.73. The average molecular weight is 400 g/mol. The SMILES string of the molecule is O=[N+]([O-])c1cccc(Nc2nn3c(-c4ccccc4F)nnc3c3ccccc23)c1. The normalized spacial score (nSPS) is 11.1. The van der Waals surface area contributed by atoms with Gasteiger partial charge in [-0.2, -0.15) is 4.52 Å². The number of hydrogen-bond donors (Lipinski definition) is 1. The first-order valence-electron chi connectivity index (χ1n) is 9.02. The van der Waals surface area contributed by atoms with E-state index in [9.17, 15) is 14.5 Å². The quantitative estimate of drug-likeness (QED) is 0.346. The molecule has 0 amide bonds. The molecule has 0 saturated carbocycles. The zero-order valence-corrected chi connectivity index (χ0v) is 15.4. The van der Waals surface area contributed by atoms with Crippen LogP contribution in [0, 0.1) is 15.9 Å². The average Bonchev–Trinajstić information content (AvgIpc) is 3.18. The Kier molecular flexibility index (Phi) is 4.06. The van der Waals surface area contributed by atoms with Crippen LogP contribution in [0.25, 0.3) is 27.8 Å². The molecule has 2 aromatic heterocycles. The van der Waals surface area contributed by atoms with Crippen molar-refractivity contribution in [1.82, 2.24) is 19.8 Å². The van der Waals surface area contributed by atoms with E-state index in [0.717, 1.165) is 10.8 Å². The number of nitro benzene ring substituents is 1. The third kappa shape index (κ3) is 2.89. The topological polar surface area (TPSA) is 98.2 Å². The molecule has 5 rings (SSSR count). The Morgan fingerprint density at radius 3 is 2.50 bits per heavy atom. The number of benzene rings is 3. The summed E-state index contributed by atoms with van der Waals surface area (Å²) < 4.78 is 15.8. The van der Waals surface area contributed by atoms with Crippen LogP contribution < -0.4 is 5.32 Å². The van der Waals surface area contributed by atoms with Crippen LogP contribution in [0.4, 0.5) is 21.6 Å². The molecular weight excluding hydrogens is 387 g/mol. The monoisotopic (exact) mass is 400 g/mol. The first-order valence-corrected chi connectivity index (χ1v) is 9.02. The lowest BCUT2D eigenvalue weighted by molar-refractivity contribution is -0.384. The Hall–Kier alpha value is -4.40. The predicted molar refractivity (Wildman–Crippen MR) is 110 cm³/mol. The molecular formula is C21H13FN6O2. The highest BCUT2D eigenvalue weighted by Gasteiger charge is 2.18. The van der Waals surface area contributed by atoms with Crippen LogP contribution in [-0.4, -0.2) is 24.7 Å². The van der Waals surface area contributed by atoms with Gasteiger partial charge in [-0.1, -0.05) is 42.5 Å². The summed E-state index contributed by atoms with van der Waals surface area (Å²) in [5.41, 5.74) is 1.21. The Morgan fingerprint density at radius 2 is 1.70 bits per heavy atom. The van der Waals surface area contributed by atoms with Gasteiger partial charge in [0.05, 0.1) is 10.5 Å². The van der Waals surface area contributed by atoms with Gasteiger partial charge in [-0.15, -0.1) is 15.3 Å². The fourth-order valence-electron chi connectivity index (χ4n) is 3.32. The summed E-state index contributed by atoms with van der Waals surface area (Å²) in [6, 6.07) is 19.8. The summed E-state index contributed by atoms with van der Waals surface area (Å²) in [7, 11) is 0. The minimum Gasteiger partial charge on any atom is -0.338 e. The molecule has 3 aromatic carbocycles. The van der Waals surface area contributed by atoms with E-state index < -0.39 is 10.7 Å². The number of rotatable bonds is 4. The number of nitrogens with one attached hydrogen (secondary N) is 1. The molecule has 0 atom stereocenters. The maximum atomic E-state index is 14.4. The van der Waals surface area contributed by atoms with Gasteiger partial charge in [0.1, 0.15) is 5.82 Å². The Morgan fingerprint density at radius 1 is 0.933 bits per heavy atom. The number of aromatic nitrogens is 4. The molecule has 0 spiro atoms. The lowest BCUT2D eigenvalue weighted by Gasteiger charge is -2.10. The van der Waals surface area contributed by atoms with Crippen molar-refractivity contribution >= 4 is 33.6 Å². The van der Waals surface area contributed by atoms with Gasteiger partial charge >= 0.3 is 0 Å². The van der Waals surface area contributed by atoms with Crippen molar-refractivity contribution in [2.24, 2.45) is 0 Å². The molecule has 2 heterocycles. The largest absolute Gasteiger partial charge is 0.338 e. The predicted octanol–water partition coefficient (Wildman–Crippen LogP) is 4.74. The molecule has 0 aliphatic heterocycles. The maximum Gasteiger partial charge on any atom is 0.271 e. The van der Waals surface area contributed by atoms with E-state index >= 15 is 0 Å². The molecule has 0 unspecified atom stereocenters. The van der Waals surface area contributed by atoms with Crippen molar-refractivity contribution in [3.8, 4) is 11.4 Å². The number of anilines is 2. The number of nitro groups is 1. The van der Waals surface area contributed by atoms with Gasteiger partial charge in [-0.05, 0) is 18.2 Å². The molecule has 5 aromatic rings. The van der Waals surface area contributed by atoms with Crippen LogP contribution in [0.5, 0.6) is 0 Å². The third-order valence-electron chi connectivity index (χ3n) is 4.70. The molecule has 0 aliphatic carbocycles. The van der Waals surface area contributed by atoms with Crippen LogP contribution in [0.1, 0.15) is 0 Å². The summed E-state index contributed by atoms with van der Waals surface area (Å²) in [6.07, 6.45) is 0. The van der Waals surface area contributed by atoms with Crippen molar-refractivity contribution in [3.63, 3.8) is 0 Å². The molecule has 0 fully saturated rings. The summed E-state index contributed by atoms with van der Waals surface area (Å²) >= 11 is 0. The van der Waals surface area contributed by atoms with E-state index in [-0.39, 0.29) is 17.1 Å². The van der Waals surface area contributed by atoms with E-state index in [1.165, 1.54) is 22.7 Å². The number of fused-ring (bicyclic) bond motifs is 3. The minimum atomic E-state index is -0.462. The highest BCUT2D eigenvalue weighted by molar-refractivity contribution is 6.01. The van der Waals surface area contributed by atoms with E-state index in [0.29, 0.717) is 17.2 Å². The number of nitrogens with zero attached hydrogens (tertiary/aromatic N) is 5.